The van der Waals surface area contributed by atoms with Crippen LogP contribution in [0.1, 0.15) is 47.1 Å². The Labute approximate surface area is 446 Å². The third-order valence-electron chi connectivity index (χ3n) is 10.8. The second-order valence-corrected chi connectivity index (χ2v) is 16.8. The van der Waals surface area contributed by atoms with Crippen molar-refractivity contribution in [2.45, 2.75) is 63.8 Å². The van der Waals surface area contributed by atoms with Crippen molar-refractivity contribution >= 4 is 71.1 Å². The van der Waals surface area contributed by atoms with E-state index in [0.29, 0.717) is 27.8 Å². The summed E-state index contributed by atoms with van der Waals surface area (Å²) in [4.78, 5) is 142. The molecule has 6 amide bonds. The minimum absolute atomic E-state index is 0.129. The lowest BCUT2D eigenvalue weighted by atomic mass is 10.1. The maximum absolute atomic E-state index is 13.7. The topological polar surface area (TPSA) is 323 Å². The Hall–Kier alpha value is -10.1. The number of benzene rings is 5. The van der Waals surface area contributed by atoms with Crippen molar-refractivity contribution < 1.29 is 71.8 Å². The monoisotopic (exact) mass is 1070 g/mol. The predicted octanol–water partition coefficient (Wildman–Crippen LogP) is 2.55. The van der Waals surface area contributed by atoms with Crippen LogP contribution >= 0.6 is 0 Å². The molecule has 0 heterocycles. The maximum atomic E-state index is 13.7. The van der Waals surface area contributed by atoms with E-state index in [4.69, 9.17) is 18.9 Å². The van der Waals surface area contributed by atoms with Crippen molar-refractivity contribution in [1.82, 2.24) is 31.9 Å². The number of hydrogen-bond acceptors (Lipinski definition) is 16. The molecule has 0 aliphatic rings. The molecule has 5 rings (SSSR count). The van der Waals surface area contributed by atoms with E-state index < -0.39 is 121 Å². The zero-order valence-electron chi connectivity index (χ0n) is 41.8. The first-order valence-corrected chi connectivity index (χ1v) is 24.0. The number of esters is 4. The Balaban J connectivity index is 1.22. The number of ether oxygens (including phenoxy) is 4. The number of hydrogen-bond donors (Lipinski definition) is 6. The van der Waals surface area contributed by atoms with E-state index in [9.17, 15) is 58.1 Å². The molecular formula is C55H55N7O16. The largest absolute Gasteiger partial charge is 0.461 e. The second-order valence-electron chi connectivity index (χ2n) is 16.8. The number of nitrogens with one attached hydrogen (secondary N) is 6. The van der Waals surface area contributed by atoms with Crippen LogP contribution in [0.5, 0.6) is 0 Å². The van der Waals surface area contributed by atoms with Crippen LogP contribution in [0.3, 0.4) is 0 Å². The van der Waals surface area contributed by atoms with Crippen LogP contribution in [0, 0.1) is 10.1 Å². The number of nitro benzene ring substituents is 1. The number of nitrogens with zero attached hydrogens (tertiary/aromatic N) is 1. The summed E-state index contributed by atoms with van der Waals surface area (Å²) in [5.74, 6) is -9.69. The third-order valence-corrected chi connectivity index (χ3v) is 10.8. The van der Waals surface area contributed by atoms with Crippen LogP contribution < -0.4 is 31.9 Å². The smallest absolute Gasteiger partial charge is 0.329 e. The van der Waals surface area contributed by atoms with Crippen LogP contribution in [0.4, 0.5) is 5.69 Å². The zero-order valence-corrected chi connectivity index (χ0v) is 41.8. The molecule has 3 atom stereocenters. The molecule has 78 heavy (non-hydrogen) atoms. The standard InChI is InChI=1S/C55H55N7O16/c63-46(26-23-37-21-24-42(25-22-37)62(73)74)56-30-48(65)59-43(53(70)58-32-50(67)61-45(55(72)78-36-41-19-11-4-12-20-41)29-52(69)76-34-39-15-7-2-8-16-39)27-47(64)57-31-49(66)60-44(54(71)77-35-40-17-9-3-10-18-40)28-51(68)75-33-38-13-5-1-6-14-38/h1-26,43-45H,27-36H2,(H,56,63)(H,57,64)(H,58,70)(H,59,65)(H,60,66)(H,61,67)/b26-23+/t43-,44-,45-/m0/s1. The Morgan fingerprint density at radius 2 is 0.808 bits per heavy atom. The van der Waals surface area contributed by atoms with Gasteiger partial charge in [-0.2, -0.15) is 0 Å². The number of amides is 6. The van der Waals surface area contributed by atoms with Gasteiger partial charge < -0.3 is 50.8 Å². The lowest BCUT2D eigenvalue weighted by Crippen LogP contribution is -2.54. The molecular weight excluding hydrogens is 1010 g/mol. The summed E-state index contributed by atoms with van der Waals surface area (Å²) >= 11 is 0. The van der Waals surface area contributed by atoms with Gasteiger partial charge in [-0.3, -0.25) is 48.5 Å². The lowest BCUT2D eigenvalue weighted by molar-refractivity contribution is -0.384. The summed E-state index contributed by atoms with van der Waals surface area (Å²) in [5, 5.41) is 24.7. The maximum Gasteiger partial charge on any atom is 0.329 e. The highest BCUT2D eigenvalue weighted by Crippen LogP contribution is 2.13. The normalized spacial score (nSPS) is 11.7. The van der Waals surface area contributed by atoms with E-state index in [1.807, 2.05) is 0 Å². The number of carbonyl (C=O) groups excluding carboxylic acids is 10. The predicted molar refractivity (Wildman–Crippen MR) is 276 cm³/mol. The van der Waals surface area contributed by atoms with Gasteiger partial charge in [0.1, 0.15) is 44.6 Å². The molecule has 0 unspecified atom stereocenters. The molecule has 23 nitrogen and oxygen atoms in total. The molecule has 0 saturated heterocycles. The lowest BCUT2D eigenvalue weighted by Gasteiger charge is -2.20. The number of non-ortho nitro benzene ring substituents is 1. The molecule has 23 heteroatoms. The average Bonchev–Trinajstić information content (AvgIpc) is 3.45. The molecule has 0 bridgehead atoms. The molecule has 0 radical (unpaired) electrons. The highest BCUT2D eigenvalue weighted by molar-refractivity contribution is 5.98. The molecule has 0 aromatic heterocycles. The summed E-state index contributed by atoms with van der Waals surface area (Å²) < 4.78 is 21.3. The Kier molecular flexibility index (Phi) is 23.8. The summed E-state index contributed by atoms with van der Waals surface area (Å²) in [6.45, 7) is -3.13. The van der Waals surface area contributed by atoms with Gasteiger partial charge >= 0.3 is 23.9 Å². The van der Waals surface area contributed by atoms with Gasteiger partial charge in [0.2, 0.25) is 35.4 Å². The van der Waals surface area contributed by atoms with E-state index in [1.165, 1.54) is 30.3 Å². The van der Waals surface area contributed by atoms with Gasteiger partial charge in [0.05, 0.1) is 43.8 Å². The van der Waals surface area contributed by atoms with Crippen molar-refractivity contribution in [1.29, 1.82) is 0 Å². The van der Waals surface area contributed by atoms with E-state index in [2.05, 4.69) is 31.9 Å². The van der Waals surface area contributed by atoms with E-state index in [1.54, 1.807) is 121 Å². The first kappa shape index (κ1) is 58.8. The van der Waals surface area contributed by atoms with E-state index in [-0.39, 0.29) is 32.1 Å². The fourth-order valence-electron chi connectivity index (χ4n) is 6.75. The number of rotatable bonds is 29. The number of nitro groups is 1. The molecule has 0 fully saturated rings. The summed E-state index contributed by atoms with van der Waals surface area (Å²) in [7, 11) is 0. The molecule has 0 aliphatic carbocycles. The van der Waals surface area contributed by atoms with Crippen molar-refractivity contribution in [3.8, 4) is 0 Å². The van der Waals surface area contributed by atoms with Crippen LogP contribution in [0.15, 0.2) is 152 Å². The SMILES string of the molecule is O=C(/C=C/c1ccc([N+](=O)[O-])cc1)NCC(=O)N[C@@H](CC(=O)NCC(=O)N[C@@H](CC(=O)OCc1ccccc1)C(=O)OCc1ccccc1)C(=O)NCC(=O)N[C@@H](CC(=O)OCc1ccccc1)C(=O)OCc1ccccc1. The second kappa shape index (κ2) is 31.6. The highest BCUT2D eigenvalue weighted by Gasteiger charge is 2.30. The summed E-state index contributed by atoms with van der Waals surface area (Å²) in [6.07, 6.45) is 0.142. The molecule has 0 aliphatic heterocycles. The Bertz CT molecular complexity index is 2890. The quantitative estimate of drug-likeness (QED) is 0.0132. The Morgan fingerprint density at radius 1 is 0.436 bits per heavy atom. The van der Waals surface area contributed by atoms with Crippen LogP contribution in [0.2, 0.25) is 0 Å². The van der Waals surface area contributed by atoms with Gasteiger partial charge in [-0.25, -0.2) is 9.59 Å². The molecule has 5 aromatic carbocycles. The van der Waals surface area contributed by atoms with Gasteiger partial charge in [-0.15, -0.1) is 0 Å². The molecule has 6 N–H and O–H groups in total. The zero-order chi connectivity index (χ0) is 56.1. The van der Waals surface area contributed by atoms with Gasteiger partial charge in [0.15, 0.2) is 0 Å². The minimum Gasteiger partial charge on any atom is -0.461 e. The Morgan fingerprint density at radius 3 is 1.22 bits per heavy atom. The average molecular weight is 1070 g/mol. The summed E-state index contributed by atoms with van der Waals surface area (Å²) in [6, 6.07) is 34.7. The minimum atomic E-state index is -1.79. The molecule has 5 aromatic rings. The summed E-state index contributed by atoms with van der Waals surface area (Å²) in [5.41, 5.74) is 2.76. The van der Waals surface area contributed by atoms with Crippen LogP contribution in [-0.4, -0.2) is 102 Å². The van der Waals surface area contributed by atoms with Crippen molar-refractivity contribution in [3.05, 3.63) is 190 Å². The first-order valence-electron chi connectivity index (χ1n) is 24.0. The van der Waals surface area contributed by atoms with Crippen LogP contribution in [-0.2, 0) is 93.3 Å². The van der Waals surface area contributed by atoms with Crippen LogP contribution in [0.25, 0.3) is 6.08 Å². The van der Waals surface area contributed by atoms with Gasteiger partial charge in [0.25, 0.3) is 5.69 Å². The van der Waals surface area contributed by atoms with Gasteiger partial charge in [0, 0.05) is 18.2 Å². The molecule has 406 valence electrons. The van der Waals surface area contributed by atoms with Gasteiger partial charge in [-0.05, 0) is 46.0 Å². The fourth-order valence-corrected chi connectivity index (χ4v) is 6.75. The van der Waals surface area contributed by atoms with Crippen molar-refractivity contribution in [2.24, 2.45) is 0 Å². The molecule has 0 saturated carbocycles. The van der Waals surface area contributed by atoms with E-state index >= 15 is 0 Å². The van der Waals surface area contributed by atoms with Crippen molar-refractivity contribution in [3.63, 3.8) is 0 Å². The van der Waals surface area contributed by atoms with Gasteiger partial charge in [-0.1, -0.05) is 121 Å². The van der Waals surface area contributed by atoms with Crippen molar-refractivity contribution in [2.75, 3.05) is 19.6 Å². The molecule has 0 spiro atoms. The fraction of sp³-hybridized carbons (Fsp3) is 0.236. The number of carbonyl (C=O) groups is 10. The van der Waals surface area contributed by atoms with E-state index in [0.717, 1.165) is 6.08 Å². The highest BCUT2D eigenvalue weighted by atomic mass is 16.6. The third kappa shape index (κ3) is 22.2. The first-order chi connectivity index (χ1) is 37.6.